The van der Waals surface area contributed by atoms with E-state index in [1.165, 1.54) is 17.2 Å². The van der Waals surface area contributed by atoms with Gasteiger partial charge in [-0.25, -0.2) is 9.59 Å². The van der Waals surface area contributed by atoms with Crippen LogP contribution in [0.25, 0.3) is 0 Å². The molecule has 30 heavy (non-hydrogen) atoms. The summed E-state index contributed by atoms with van der Waals surface area (Å²) >= 11 is 0. The van der Waals surface area contributed by atoms with Crippen LogP contribution in [0.4, 0.5) is 0 Å². The van der Waals surface area contributed by atoms with Gasteiger partial charge in [-0.2, -0.15) is 0 Å². The van der Waals surface area contributed by atoms with Crippen molar-refractivity contribution < 1.29 is 33.1 Å². The Morgan fingerprint density at radius 2 is 2.00 bits per heavy atom. The van der Waals surface area contributed by atoms with E-state index in [1.54, 1.807) is 26.8 Å². The Balaban J connectivity index is 1.65. The molecule has 2 aromatic heterocycles. The molecule has 9 heteroatoms. The minimum atomic E-state index is -0.767. The van der Waals surface area contributed by atoms with Gasteiger partial charge in [0.05, 0.1) is 24.1 Å². The first kappa shape index (κ1) is 21.4. The molecular formula is C21H24N2O7. The third kappa shape index (κ3) is 4.14. The Labute approximate surface area is 173 Å². The summed E-state index contributed by atoms with van der Waals surface area (Å²) in [5.41, 5.74) is 1.45. The lowest BCUT2D eigenvalue weighted by atomic mass is 10.1. The van der Waals surface area contributed by atoms with Crippen LogP contribution in [-0.4, -0.2) is 59.3 Å². The van der Waals surface area contributed by atoms with Gasteiger partial charge in [-0.3, -0.25) is 9.59 Å². The van der Waals surface area contributed by atoms with Gasteiger partial charge in [-0.1, -0.05) is 0 Å². The largest absolute Gasteiger partial charge is 0.462 e. The molecule has 0 aliphatic carbocycles. The number of ether oxygens (including phenoxy) is 2. The second-order valence-electron chi connectivity index (χ2n) is 7.01. The summed E-state index contributed by atoms with van der Waals surface area (Å²) in [4.78, 5) is 53.9. The third-order valence-electron chi connectivity index (χ3n) is 5.06. The number of ketones is 1. The predicted molar refractivity (Wildman–Crippen MR) is 104 cm³/mol. The van der Waals surface area contributed by atoms with Crippen LogP contribution in [0, 0.1) is 13.8 Å². The SMILES string of the molecule is CCOC(=O)c1c(C)[nH]c(C(=O)COC(=O)[C@@H]2CCCN2C(=O)c2ccco2)c1C. The Bertz CT molecular complexity index is 958. The van der Waals surface area contributed by atoms with E-state index in [0.717, 1.165) is 0 Å². The number of aromatic amines is 1. The summed E-state index contributed by atoms with van der Waals surface area (Å²) in [6.07, 6.45) is 2.49. The van der Waals surface area contributed by atoms with Gasteiger partial charge >= 0.3 is 11.9 Å². The van der Waals surface area contributed by atoms with E-state index < -0.39 is 30.4 Å². The summed E-state index contributed by atoms with van der Waals surface area (Å²) in [5.74, 6) is -1.87. The summed E-state index contributed by atoms with van der Waals surface area (Å²) in [6.45, 7) is 5.12. The molecule has 9 nitrogen and oxygen atoms in total. The van der Waals surface area contributed by atoms with E-state index in [9.17, 15) is 19.2 Å². The van der Waals surface area contributed by atoms with Gasteiger partial charge in [-0.15, -0.1) is 0 Å². The highest BCUT2D eigenvalue weighted by Crippen LogP contribution is 2.23. The van der Waals surface area contributed by atoms with Crippen molar-refractivity contribution in [3.05, 3.63) is 46.7 Å². The van der Waals surface area contributed by atoms with Gasteiger partial charge < -0.3 is 23.8 Å². The zero-order chi connectivity index (χ0) is 21.8. The monoisotopic (exact) mass is 416 g/mol. The molecule has 1 amide bonds. The van der Waals surface area contributed by atoms with Crippen molar-refractivity contribution in [2.75, 3.05) is 19.8 Å². The number of aryl methyl sites for hydroxylation is 1. The van der Waals surface area contributed by atoms with Crippen molar-refractivity contribution in [1.82, 2.24) is 9.88 Å². The minimum absolute atomic E-state index is 0.148. The molecule has 0 saturated carbocycles. The van der Waals surface area contributed by atoms with E-state index in [0.29, 0.717) is 36.2 Å². The molecular weight excluding hydrogens is 392 g/mol. The Hall–Kier alpha value is -3.36. The van der Waals surface area contributed by atoms with E-state index >= 15 is 0 Å². The number of esters is 2. The van der Waals surface area contributed by atoms with Crippen LogP contribution in [0.1, 0.15) is 62.4 Å². The zero-order valence-electron chi connectivity index (χ0n) is 17.1. The Morgan fingerprint density at radius 3 is 2.67 bits per heavy atom. The number of hydrogen-bond acceptors (Lipinski definition) is 7. The number of hydrogen-bond donors (Lipinski definition) is 1. The first-order valence-corrected chi connectivity index (χ1v) is 9.75. The molecule has 1 fully saturated rings. The molecule has 0 bridgehead atoms. The van der Waals surface area contributed by atoms with Crippen molar-refractivity contribution >= 4 is 23.6 Å². The number of nitrogens with zero attached hydrogens (tertiary/aromatic N) is 1. The summed E-state index contributed by atoms with van der Waals surface area (Å²) in [7, 11) is 0. The van der Waals surface area contributed by atoms with Crippen LogP contribution in [0.3, 0.4) is 0 Å². The summed E-state index contributed by atoms with van der Waals surface area (Å²) in [5, 5.41) is 0. The number of carbonyl (C=O) groups is 4. The lowest BCUT2D eigenvalue weighted by Crippen LogP contribution is -2.41. The second-order valence-corrected chi connectivity index (χ2v) is 7.01. The maximum absolute atomic E-state index is 12.6. The van der Waals surface area contributed by atoms with Crippen LogP contribution >= 0.6 is 0 Å². The standard InChI is InChI=1S/C21H24N2O7/c1-4-28-21(27)17-12(2)18(22-13(17)3)15(24)11-30-20(26)14-7-5-9-23(14)19(25)16-8-6-10-29-16/h6,8,10,14,22H,4-5,7,9,11H2,1-3H3/t14-/m0/s1. The maximum atomic E-state index is 12.6. The van der Waals surface area contributed by atoms with Crippen LogP contribution in [0.2, 0.25) is 0 Å². The predicted octanol–water partition coefficient (Wildman–Crippen LogP) is 2.43. The number of rotatable bonds is 7. The minimum Gasteiger partial charge on any atom is -0.462 e. The molecule has 0 radical (unpaired) electrons. The van der Waals surface area contributed by atoms with Crippen LogP contribution in [-0.2, 0) is 14.3 Å². The number of furan rings is 1. The van der Waals surface area contributed by atoms with Crippen molar-refractivity contribution in [1.29, 1.82) is 0 Å². The Morgan fingerprint density at radius 1 is 1.23 bits per heavy atom. The van der Waals surface area contributed by atoms with Crippen molar-refractivity contribution in [2.24, 2.45) is 0 Å². The first-order valence-electron chi connectivity index (χ1n) is 9.75. The number of likely N-dealkylation sites (tertiary alicyclic amines) is 1. The van der Waals surface area contributed by atoms with Gasteiger partial charge in [0.25, 0.3) is 5.91 Å². The fraction of sp³-hybridized carbons (Fsp3) is 0.429. The molecule has 0 aromatic carbocycles. The number of aromatic nitrogens is 1. The number of Topliss-reactive ketones (excluding diaryl/α,β-unsaturated/α-hetero) is 1. The average molecular weight is 416 g/mol. The molecule has 1 aliphatic heterocycles. The van der Waals surface area contributed by atoms with Gasteiger partial charge in [0.2, 0.25) is 5.78 Å². The first-order chi connectivity index (χ1) is 14.3. The average Bonchev–Trinajstić information content (AvgIpc) is 3.46. The molecule has 2 aromatic rings. The summed E-state index contributed by atoms with van der Waals surface area (Å²) in [6, 6.07) is 2.36. The van der Waals surface area contributed by atoms with Crippen molar-refractivity contribution in [3.8, 4) is 0 Å². The van der Waals surface area contributed by atoms with Crippen molar-refractivity contribution in [2.45, 2.75) is 39.7 Å². The number of amides is 1. The quantitative estimate of drug-likeness (QED) is 0.544. The van der Waals surface area contributed by atoms with Gasteiger partial charge in [0.15, 0.2) is 12.4 Å². The van der Waals surface area contributed by atoms with Crippen molar-refractivity contribution in [3.63, 3.8) is 0 Å². The molecule has 3 heterocycles. The highest BCUT2D eigenvalue weighted by Gasteiger charge is 2.37. The highest BCUT2D eigenvalue weighted by molar-refractivity contribution is 6.03. The number of nitrogens with one attached hydrogen (secondary N) is 1. The molecule has 1 N–H and O–H groups in total. The van der Waals surface area contributed by atoms with E-state index in [-0.39, 0.29) is 24.0 Å². The van der Waals surface area contributed by atoms with E-state index in [4.69, 9.17) is 13.9 Å². The van der Waals surface area contributed by atoms with E-state index in [2.05, 4.69) is 4.98 Å². The fourth-order valence-electron chi connectivity index (χ4n) is 3.64. The van der Waals surface area contributed by atoms with Gasteiger partial charge in [0.1, 0.15) is 6.04 Å². The second kappa shape index (κ2) is 8.98. The molecule has 0 spiro atoms. The van der Waals surface area contributed by atoms with E-state index in [1.807, 2.05) is 0 Å². The molecule has 160 valence electrons. The number of H-pyrrole nitrogens is 1. The maximum Gasteiger partial charge on any atom is 0.340 e. The van der Waals surface area contributed by atoms with Gasteiger partial charge in [0, 0.05) is 12.2 Å². The van der Waals surface area contributed by atoms with Crippen LogP contribution in [0.15, 0.2) is 22.8 Å². The zero-order valence-corrected chi connectivity index (χ0v) is 17.1. The van der Waals surface area contributed by atoms with Crippen LogP contribution < -0.4 is 0 Å². The fourth-order valence-corrected chi connectivity index (χ4v) is 3.64. The molecule has 1 atom stereocenters. The lowest BCUT2D eigenvalue weighted by molar-refractivity contribution is -0.147. The van der Waals surface area contributed by atoms with Gasteiger partial charge in [-0.05, 0) is 51.3 Å². The molecule has 1 saturated heterocycles. The Kier molecular flexibility index (Phi) is 6.39. The molecule has 1 aliphatic rings. The number of carbonyl (C=O) groups excluding carboxylic acids is 4. The summed E-state index contributed by atoms with van der Waals surface area (Å²) < 4.78 is 15.3. The normalized spacial score (nSPS) is 15.8. The third-order valence-corrected chi connectivity index (χ3v) is 5.06. The molecule has 3 rings (SSSR count). The van der Waals surface area contributed by atoms with Crippen LogP contribution in [0.5, 0.6) is 0 Å². The smallest absolute Gasteiger partial charge is 0.340 e. The lowest BCUT2D eigenvalue weighted by Gasteiger charge is -2.22. The highest BCUT2D eigenvalue weighted by atomic mass is 16.5. The molecule has 0 unspecified atom stereocenters. The topological polar surface area (TPSA) is 119 Å².